The van der Waals surface area contributed by atoms with Crippen LogP contribution in [0.2, 0.25) is 0 Å². The smallest absolute Gasteiger partial charge is 0.308 e. The number of rotatable bonds is 2. The first-order chi connectivity index (χ1) is 13.5. The Hall–Kier alpha value is -1.50. The molecule has 0 spiro atoms. The van der Waals surface area contributed by atoms with E-state index in [1.165, 1.54) is 6.08 Å². The van der Waals surface area contributed by atoms with Crippen LogP contribution in [0.1, 0.15) is 60.8 Å². The van der Waals surface area contributed by atoms with Crippen LogP contribution in [-0.2, 0) is 14.3 Å². The maximum Gasteiger partial charge on any atom is 0.308 e. The van der Waals surface area contributed by atoms with Gasteiger partial charge < -0.3 is 20.1 Å². The van der Waals surface area contributed by atoms with Crippen LogP contribution in [0.15, 0.2) is 23.8 Å². The summed E-state index contributed by atoms with van der Waals surface area (Å²) in [6, 6.07) is 0. The highest BCUT2D eigenvalue weighted by Gasteiger charge is 2.35. The van der Waals surface area contributed by atoms with Crippen molar-refractivity contribution in [2.45, 2.75) is 85.2 Å². The number of carbonyl (C=O) groups is 2. The van der Waals surface area contributed by atoms with Gasteiger partial charge in [0.15, 0.2) is 5.78 Å². The molecule has 0 aromatic rings. The van der Waals surface area contributed by atoms with Gasteiger partial charge in [0.2, 0.25) is 0 Å². The van der Waals surface area contributed by atoms with Gasteiger partial charge in [-0.05, 0) is 32.8 Å². The molecule has 0 aromatic carbocycles. The van der Waals surface area contributed by atoms with Crippen LogP contribution >= 0.6 is 0 Å². The maximum atomic E-state index is 12.5. The van der Waals surface area contributed by atoms with Gasteiger partial charge >= 0.3 is 5.97 Å². The molecule has 0 radical (unpaired) electrons. The van der Waals surface area contributed by atoms with Crippen LogP contribution in [0, 0.1) is 23.7 Å². The van der Waals surface area contributed by atoms with E-state index in [0.29, 0.717) is 6.42 Å². The molecule has 0 bridgehead atoms. The van der Waals surface area contributed by atoms with Crippen molar-refractivity contribution >= 4 is 11.8 Å². The zero-order chi connectivity index (χ0) is 22.3. The standard InChI is InChI=1S/C23H38O6/c1-7-21-15(4)10-13(2)8-9-19(25)14(3)11-18(17(6)24)23(28)16(5)20(26)12-22(27)29-21/h8-10,14-18,20-21,23-24,26,28H,7,11-12H2,1-6H3/b9-8-,13-10+. The van der Waals surface area contributed by atoms with E-state index in [0.717, 1.165) is 5.57 Å². The van der Waals surface area contributed by atoms with Gasteiger partial charge in [0.05, 0.1) is 24.7 Å². The summed E-state index contributed by atoms with van der Waals surface area (Å²) in [6.07, 6.45) is 2.52. The highest BCUT2D eigenvalue weighted by atomic mass is 16.5. The molecule has 6 nitrogen and oxygen atoms in total. The summed E-state index contributed by atoms with van der Waals surface area (Å²) in [5.41, 5.74) is 0.889. The molecule has 0 fully saturated rings. The number of ketones is 1. The minimum absolute atomic E-state index is 0.0474. The lowest BCUT2D eigenvalue weighted by Crippen LogP contribution is -2.42. The maximum absolute atomic E-state index is 12.5. The average Bonchev–Trinajstić information content (AvgIpc) is 2.65. The summed E-state index contributed by atoms with van der Waals surface area (Å²) >= 11 is 0. The third kappa shape index (κ3) is 7.68. The highest BCUT2D eigenvalue weighted by Crippen LogP contribution is 2.28. The van der Waals surface area contributed by atoms with E-state index in [1.807, 2.05) is 26.8 Å². The van der Waals surface area contributed by atoms with Gasteiger partial charge in [-0.1, -0.05) is 45.4 Å². The van der Waals surface area contributed by atoms with Crippen LogP contribution in [-0.4, -0.2) is 51.5 Å². The van der Waals surface area contributed by atoms with Crippen LogP contribution in [0.5, 0.6) is 0 Å². The van der Waals surface area contributed by atoms with Crippen LogP contribution in [0.4, 0.5) is 0 Å². The Balaban J connectivity index is 3.24. The number of carbonyl (C=O) groups excluding carboxylic acids is 2. The van der Waals surface area contributed by atoms with E-state index in [2.05, 4.69) is 0 Å². The summed E-state index contributed by atoms with van der Waals surface area (Å²) in [7, 11) is 0. The lowest BCUT2D eigenvalue weighted by atomic mass is 9.79. The van der Waals surface area contributed by atoms with Crippen molar-refractivity contribution in [3.63, 3.8) is 0 Å². The second kappa shape index (κ2) is 11.6. The lowest BCUT2D eigenvalue weighted by molar-refractivity contribution is -0.155. The molecule has 1 aliphatic heterocycles. The number of cyclic esters (lactones) is 1. The Morgan fingerprint density at radius 3 is 2.34 bits per heavy atom. The molecule has 0 saturated carbocycles. The summed E-state index contributed by atoms with van der Waals surface area (Å²) in [5.74, 6) is -2.29. The Morgan fingerprint density at radius 2 is 1.79 bits per heavy atom. The van der Waals surface area contributed by atoms with Gasteiger partial charge in [0.25, 0.3) is 0 Å². The molecule has 1 heterocycles. The van der Waals surface area contributed by atoms with Crippen LogP contribution in [0.25, 0.3) is 0 Å². The zero-order valence-electron chi connectivity index (χ0n) is 18.5. The molecule has 0 aromatic heterocycles. The average molecular weight is 411 g/mol. The van der Waals surface area contributed by atoms with Crippen molar-refractivity contribution in [1.29, 1.82) is 0 Å². The van der Waals surface area contributed by atoms with E-state index in [4.69, 9.17) is 4.74 Å². The number of hydrogen-bond acceptors (Lipinski definition) is 6. The molecule has 6 heteroatoms. The van der Waals surface area contributed by atoms with Gasteiger partial charge in [0, 0.05) is 23.7 Å². The number of hydrogen-bond donors (Lipinski definition) is 3. The molecule has 0 aliphatic carbocycles. The summed E-state index contributed by atoms with van der Waals surface area (Å²) in [6.45, 7) is 10.7. The van der Waals surface area contributed by atoms with Crippen molar-refractivity contribution in [1.82, 2.24) is 0 Å². The fraction of sp³-hybridized carbons (Fsp3) is 0.739. The number of aliphatic hydroxyl groups excluding tert-OH is 3. The summed E-state index contributed by atoms with van der Waals surface area (Å²) < 4.78 is 5.56. The van der Waals surface area contributed by atoms with E-state index in [1.54, 1.807) is 26.8 Å². The van der Waals surface area contributed by atoms with Gasteiger partial charge in [-0.2, -0.15) is 0 Å². The van der Waals surface area contributed by atoms with E-state index in [9.17, 15) is 24.9 Å². The summed E-state index contributed by atoms with van der Waals surface area (Å²) in [5, 5.41) is 31.4. The van der Waals surface area contributed by atoms with Crippen molar-refractivity contribution in [3.05, 3.63) is 23.8 Å². The second-order valence-corrected chi connectivity index (χ2v) is 8.60. The Labute approximate surface area is 174 Å². The Kier molecular flexibility index (Phi) is 10.2. The van der Waals surface area contributed by atoms with Gasteiger partial charge in [-0.15, -0.1) is 0 Å². The minimum Gasteiger partial charge on any atom is -0.462 e. The molecular formula is C23H38O6. The molecular weight excluding hydrogens is 372 g/mol. The van der Waals surface area contributed by atoms with E-state index in [-0.39, 0.29) is 30.6 Å². The van der Waals surface area contributed by atoms with Gasteiger partial charge in [-0.25, -0.2) is 0 Å². The fourth-order valence-electron chi connectivity index (χ4n) is 3.86. The number of allylic oxidation sites excluding steroid dienone is 3. The SMILES string of the molecule is CCC1OC(=O)CC(O)C(C)C(O)C(C(C)O)CC(C)C(=O)/C=C\C(C)=C\C1C. The zero-order valence-corrected chi connectivity index (χ0v) is 18.5. The molecule has 1 aliphatic rings. The minimum atomic E-state index is -1.11. The molecule has 0 saturated heterocycles. The quantitative estimate of drug-likeness (QED) is 0.605. The largest absolute Gasteiger partial charge is 0.462 e. The predicted octanol–water partition coefficient (Wildman–Crippen LogP) is 2.80. The molecule has 8 unspecified atom stereocenters. The topological polar surface area (TPSA) is 104 Å². The van der Waals surface area contributed by atoms with Gasteiger partial charge in [0.1, 0.15) is 6.10 Å². The molecule has 3 N–H and O–H groups in total. The molecule has 1 rings (SSSR count). The first-order valence-electron chi connectivity index (χ1n) is 10.6. The Bertz CT molecular complexity index is 608. The normalized spacial score (nSPS) is 39.9. The first kappa shape index (κ1) is 25.5. The predicted molar refractivity (Wildman–Crippen MR) is 112 cm³/mol. The third-order valence-electron chi connectivity index (χ3n) is 6.00. The third-order valence-corrected chi connectivity index (χ3v) is 6.00. The molecule has 8 atom stereocenters. The van der Waals surface area contributed by atoms with E-state index < -0.39 is 42.0 Å². The van der Waals surface area contributed by atoms with Crippen LogP contribution < -0.4 is 0 Å². The number of ether oxygens (including phenoxy) is 1. The number of aliphatic hydroxyl groups is 3. The van der Waals surface area contributed by atoms with Crippen molar-refractivity contribution in [2.24, 2.45) is 23.7 Å². The second-order valence-electron chi connectivity index (χ2n) is 8.60. The highest BCUT2D eigenvalue weighted by molar-refractivity contribution is 5.91. The van der Waals surface area contributed by atoms with Crippen molar-refractivity contribution < 1.29 is 29.6 Å². The Morgan fingerprint density at radius 1 is 1.17 bits per heavy atom. The van der Waals surface area contributed by atoms with Gasteiger partial charge in [-0.3, -0.25) is 9.59 Å². The van der Waals surface area contributed by atoms with Crippen LogP contribution in [0.3, 0.4) is 0 Å². The molecule has 166 valence electrons. The first-order valence-corrected chi connectivity index (χ1v) is 10.6. The molecule has 29 heavy (non-hydrogen) atoms. The lowest BCUT2D eigenvalue weighted by Gasteiger charge is -2.33. The van der Waals surface area contributed by atoms with Crippen molar-refractivity contribution in [2.75, 3.05) is 0 Å². The molecule has 0 amide bonds. The van der Waals surface area contributed by atoms with E-state index >= 15 is 0 Å². The number of esters is 1. The summed E-state index contributed by atoms with van der Waals surface area (Å²) in [4.78, 5) is 24.9. The van der Waals surface area contributed by atoms with Crippen molar-refractivity contribution in [3.8, 4) is 0 Å². The fourth-order valence-corrected chi connectivity index (χ4v) is 3.86. The monoisotopic (exact) mass is 410 g/mol.